The zero-order valence-electron chi connectivity index (χ0n) is 20.6. The molecule has 190 valence electrons. The summed E-state index contributed by atoms with van der Waals surface area (Å²) in [6.07, 6.45) is 5.12. The van der Waals surface area contributed by atoms with Gasteiger partial charge >= 0.3 is 0 Å². The zero-order valence-corrected chi connectivity index (χ0v) is 21.4. The number of nitrogen functional groups attached to an aromatic ring is 1. The van der Waals surface area contributed by atoms with E-state index in [1.807, 2.05) is 35.4 Å². The molecule has 0 saturated carbocycles. The van der Waals surface area contributed by atoms with Crippen LogP contribution in [0.4, 0.5) is 11.9 Å². The van der Waals surface area contributed by atoms with Gasteiger partial charge in [-0.25, -0.2) is 19.9 Å². The van der Waals surface area contributed by atoms with E-state index >= 15 is 0 Å². The molecule has 0 spiro atoms. The fraction of sp³-hybridized carbons (Fsp3) is 0.346. The van der Waals surface area contributed by atoms with E-state index in [0.717, 1.165) is 58.0 Å². The van der Waals surface area contributed by atoms with Crippen molar-refractivity contribution in [3.63, 3.8) is 0 Å². The Morgan fingerprint density at radius 1 is 1.03 bits per heavy atom. The van der Waals surface area contributed by atoms with Gasteiger partial charge in [0.1, 0.15) is 6.10 Å². The standard InChI is InChI=1S/C26H28N8O2S/c1-32-6-8-33(9-7-32)24(35)18-4-2-17(3-5-18)22-12-20-23(37-22)15-30-26(31-20)34-10-11-36-21(16-34)19-13-28-25(27)29-14-19/h2-5,12-15,21H,6-11,16H2,1H3,(H2,27,28,29). The second-order valence-corrected chi connectivity index (χ2v) is 10.5. The molecule has 0 radical (unpaired) electrons. The number of carbonyl (C=O) groups excluding carboxylic acids is 1. The van der Waals surface area contributed by atoms with Crippen molar-refractivity contribution in [3.05, 3.63) is 60.0 Å². The SMILES string of the molecule is CN1CCN(C(=O)c2ccc(-c3cc4nc(N5CCOC(c6cnc(N)nc6)C5)ncc4s3)cc2)CC1. The van der Waals surface area contributed by atoms with Gasteiger partial charge in [-0.1, -0.05) is 12.1 Å². The number of piperazine rings is 1. The lowest BCUT2D eigenvalue weighted by atomic mass is 10.1. The maximum Gasteiger partial charge on any atom is 0.253 e. The topological polar surface area (TPSA) is 114 Å². The van der Waals surface area contributed by atoms with Gasteiger partial charge in [-0.2, -0.15) is 0 Å². The Balaban J connectivity index is 1.18. The summed E-state index contributed by atoms with van der Waals surface area (Å²) in [6.45, 7) is 5.24. The largest absolute Gasteiger partial charge is 0.370 e. The molecule has 1 atom stereocenters. The maximum absolute atomic E-state index is 12.9. The van der Waals surface area contributed by atoms with Gasteiger partial charge in [-0.3, -0.25) is 4.79 Å². The van der Waals surface area contributed by atoms with Gasteiger partial charge in [0.15, 0.2) is 0 Å². The average Bonchev–Trinajstić information content (AvgIpc) is 3.37. The summed E-state index contributed by atoms with van der Waals surface area (Å²) >= 11 is 1.65. The summed E-state index contributed by atoms with van der Waals surface area (Å²) in [4.78, 5) is 37.9. The van der Waals surface area contributed by atoms with Crippen LogP contribution in [0.15, 0.2) is 48.9 Å². The predicted molar refractivity (Wildman–Crippen MR) is 144 cm³/mol. The molecule has 2 aliphatic rings. The van der Waals surface area contributed by atoms with Crippen molar-refractivity contribution in [3.8, 4) is 10.4 Å². The van der Waals surface area contributed by atoms with Crippen molar-refractivity contribution in [1.82, 2.24) is 29.7 Å². The van der Waals surface area contributed by atoms with Crippen LogP contribution in [0.1, 0.15) is 22.0 Å². The van der Waals surface area contributed by atoms with Crippen LogP contribution >= 0.6 is 11.3 Å². The lowest BCUT2D eigenvalue weighted by Gasteiger charge is -2.32. The number of anilines is 2. The van der Waals surface area contributed by atoms with E-state index in [-0.39, 0.29) is 18.0 Å². The normalized spacial score (nSPS) is 18.9. The Morgan fingerprint density at radius 2 is 1.78 bits per heavy atom. The third-order valence-electron chi connectivity index (χ3n) is 6.88. The summed E-state index contributed by atoms with van der Waals surface area (Å²) < 4.78 is 6.95. The van der Waals surface area contributed by atoms with Gasteiger partial charge in [0.25, 0.3) is 5.91 Å². The minimum absolute atomic E-state index is 0.0980. The number of ether oxygens (including phenoxy) is 1. The molecule has 4 aromatic rings. The highest BCUT2D eigenvalue weighted by atomic mass is 32.1. The highest BCUT2D eigenvalue weighted by Crippen LogP contribution is 2.34. The zero-order chi connectivity index (χ0) is 25.4. The van der Waals surface area contributed by atoms with Crippen LogP contribution in [0.3, 0.4) is 0 Å². The Hall–Kier alpha value is -3.67. The number of nitrogens with two attached hydrogens (primary N) is 1. The number of benzene rings is 1. The van der Waals surface area contributed by atoms with Crippen molar-refractivity contribution in [2.45, 2.75) is 6.10 Å². The van der Waals surface area contributed by atoms with E-state index in [9.17, 15) is 4.79 Å². The van der Waals surface area contributed by atoms with Crippen LogP contribution < -0.4 is 10.6 Å². The number of fused-ring (bicyclic) bond motifs is 1. The third-order valence-corrected chi connectivity index (χ3v) is 7.99. The van der Waals surface area contributed by atoms with Crippen molar-refractivity contribution in [1.29, 1.82) is 0 Å². The number of carbonyl (C=O) groups is 1. The minimum atomic E-state index is -0.168. The number of morpholine rings is 1. The molecule has 10 nitrogen and oxygen atoms in total. The Kier molecular flexibility index (Phi) is 6.41. The molecule has 2 saturated heterocycles. The summed E-state index contributed by atoms with van der Waals surface area (Å²) in [5.41, 5.74) is 9.19. The number of hydrogen-bond donors (Lipinski definition) is 1. The molecule has 37 heavy (non-hydrogen) atoms. The smallest absolute Gasteiger partial charge is 0.253 e. The van der Waals surface area contributed by atoms with Crippen LogP contribution in [-0.2, 0) is 4.74 Å². The molecule has 6 rings (SSSR count). The van der Waals surface area contributed by atoms with Crippen LogP contribution in [-0.4, -0.2) is 88.6 Å². The van der Waals surface area contributed by atoms with Crippen LogP contribution in [0, 0.1) is 0 Å². The minimum Gasteiger partial charge on any atom is -0.370 e. The monoisotopic (exact) mass is 516 g/mol. The van der Waals surface area contributed by atoms with Gasteiger partial charge in [-0.05, 0) is 30.8 Å². The molecule has 2 aliphatic heterocycles. The van der Waals surface area contributed by atoms with E-state index < -0.39 is 0 Å². The average molecular weight is 517 g/mol. The Bertz CT molecular complexity index is 1400. The molecular formula is C26H28N8O2S. The van der Waals surface area contributed by atoms with Crippen LogP contribution in [0.2, 0.25) is 0 Å². The third kappa shape index (κ3) is 4.97. The van der Waals surface area contributed by atoms with Crippen molar-refractivity contribution in [2.24, 2.45) is 0 Å². The molecular weight excluding hydrogens is 488 g/mol. The fourth-order valence-corrected chi connectivity index (χ4v) is 5.61. The molecule has 0 bridgehead atoms. The molecule has 1 aromatic carbocycles. The first-order valence-corrected chi connectivity index (χ1v) is 13.1. The quantitative estimate of drug-likeness (QED) is 0.437. The second-order valence-electron chi connectivity index (χ2n) is 9.38. The number of amides is 1. The number of aromatic nitrogens is 4. The first-order chi connectivity index (χ1) is 18.0. The van der Waals surface area contributed by atoms with E-state index in [1.165, 1.54) is 0 Å². The number of rotatable bonds is 4. The predicted octanol–water partition coefficient (Wildman–Crippen LogP) is 2.70. The van der Waals surface area contributed by atoms with E-state index in [0.29, 0.717) is 25.6 Å². The van der Waals surface area contributed by atoms with Gasteiger partial charge in [0.05, 0.1) is 29.6 Å². The fourth-order valence-electron chi connectivity index (χ4n) is 4.64. The van der Waals surface area contributed by atoms with Gasteiger partial charge in [0.2, 0.25) is 11.9 Å². The van der Waals surface area contributed by atoms with E-state index in [1.54, 1.807) is 23.7 Å². The van der Waals surface area contributed by atoms with Gasteiger partial charge < -0.3 is 25.2 Å². The van der Waals surface area contributed by atoms with Crippen LogP contribution in [0.25, 0.3) is 20.7 Å². The number of nitrogens with zero attached hydrogens (tertiary/aromatic N) is 7. The Labute approximate surface area is 218 Å². The van der Waals surface area contributed by atoms with E-state index in [2.05, 4.69) is 37.9 Å². The number of hydrogen-bond acceptors (Lipinski definition) is 10. The van der Waals surface area contributed by atoms with Crippen molar-refractivity contribution < 1.29 is 9.53 Å². The van der Waals surface area contributed by atoms with E-state index in [4.69, 9.17) is 15.5 Å². The summed E-state index contributed by atoms with van der Waals surface area (Å²) in [7, 11) is 2.09. The Morgan fingerprint density at radius 3 is 2.54 bits per heavy atom. The molecule has 1 unspecified atom stereocenters. The van der Waals surface area contributed by atoms with Gasteiger partial charge in [-0.15, -0.1) is 11.3 Å². The summed E-state index contributed by atoms with van der Waals surface area (Å²) in [5.74, 6) is 1.02. The lowest BCUT2D eigenvalue weighted by Crippen LogP contribution is -2.47. The molecule has 5 heterocycles. The molecule has 2 fully saturated rings. The molecule has 3 aromatic heterocycles. The number of likely N-dealkylation sites (N-methyl/N-ethyl adjacent to an activating group) is 1. The second kappa shape index (κ2) is 10.0. The summed E-state index contributed by atoms with van der Waals surface area (Å²) in [6, 6.07) is 9.97. The highest BCUT2D eigenvalue weighted by Gasteiger charge is 2.25. The first-order valence-electron chi connectivity index (χ1n) is 12.3. The first kappa shape index (κ1) is 23.7. The maximum atomic E-state index is 12.9. The van der Waals surface area contributed by atoms with Crippen LogP contribution in [0.5, 0.6) is 0 Å². The highest BCUT2D eigenvalue weighted by molar-refractivity contribution is 7.22. The molecule has 0 aliphatic carbocycles. The molecule has 11 heteroatoms. The molecule has 1 amide bonds. The van der Waals surface area contributed by atoms with Crippen molar-refractivity contribution in [2.75, 3.05) is 63.6 Å². The van der Waals surface area contributed by atoms with Gasteiger partial charge in [0, 0.05) is 61.1 Å². The van der Waals surface area contributed by atoms with Crippen molar-refractivity contribution >= 4 is 39.4 Å². The number of thiophene rings is 1. The lowest BCUT2D eigenvalue weighted by molar-refractivity contribution is 0.0388. The summed E-state index contributed by atoms with van der Waals surface area (Å²) in [5, 5.41) is 0. The molecule has 2 N–H and O–H groups in total.